The number of phenolic OH excluding ortho intramolecular Hbond substituents is 3. The molecule has 116 valence electrons. The summed E-state index contributed by atoms with van der Waals surface area (Å²) in [5, 5.41) is 29.8. The number of aromatic hydroxyl groups is 3. The van der Waals surface area contributed by atoms with Crippen LogP contribution in [0.3, 0.4) is 0 Å². The van der Waals surface area contributed by atoms with Gasteiger partial charge in [-0.1, -0.05) is 6.92 Å². The topological polar surface area (TPSA) is 72.0 Å². The molecular weight excluding hydrogens is 292 g/mol. The van der Waals surface area contributed by atoms with E-state index in [1.54, 1.807) is 24.3 Å². The molecule has 3 rings (SSSR count). The molecule has 0 saturated carbocycles. The van der Waals surface area contributed by atoms with E-state index >= 15 is 0 Å². The van der Waals surface area contributed by atoms with Crippen LogP contribution < -0.4 is 0 Å². The number of hydrogen-bond acceptors (Lipinski definition) is 3. The summed E-state index contributed by atoms with van der Waals surface area (Å²) in [5.41, 5.74) is 2.10. The van der Waals surface area contributed by atoms with Crippen molar-refractivity contribution in [2.45, 2.75) is 13.3 Å². The first-order valence-corrected chi connectivity index (χ1v) is 7.35. The van der Waals surface area contributed by atoms with Gasteiger partial charge in [0, 0.05) is 17.7 Å². The molecule has 3 aromatic rings. The molecule has 1 heterocycles. The Morgan fingerprint density at radius 2 is 1.65 bits per heavy atom. The predicted molar refractivity (Wildman–Crippen MR) is 90.2 cm³/mol. The first kappa shape index (κ1) is 14.9. The molecule has 4 nitrogen and oxygen atoms in total. The number of allylic oxidation sites excluding steroid dienone is 1. The number of rotatable bonds is 3. The molecule has 4 heteroatoms. The maximum Gasteiger partial charge on any atom is 0.364 e. The van der Waals surface area contributed by atoms with E-state index in [1.165, 1.54) is 12.1 Å². The molecule has 1 aromatic heterocycles. The van der Waals surface area contributed by atoms with Crippen LogP contribution >= 0.6 is 0 Å². The van der Waals surface area contributed by atoms with Gasteiger partial charge in [0.05, 0.1) is 17.0 Å². The zero-order valence-corrected chi connectivity index (χ0v) is 12.7. The third kappa shape index (κ3) is 3.11. The molecule has 0 spiro atoms. The highest BCUT2D eigenvalue weighted by Crippen LogP contribution is 2.30. The van der Waals surface area contributed by atoms with Crippen molar-refractivity contribution in [1.82, 2.24) is 0 Å². The van der Waals surface area contributed by atoms with Gasteiger partial charge < -0.3 is 15.3 Å². The summed E-state index contributed by atoms with van der Waals surface area (Å²) in [5.74, 6) is 0.840. The summed E-state index contributed by atoms with van der Waals surface area (Å²) >= 11 is 0. The van der Waals surface area contributed by atoms with Crippen LogP contribution in [0.4, 0.5) is 0 Å². The van der Waals surface area contributed by atoms with E-state index in [4.69, 9.17) is 4.42 Å². The summed E-state index contributed by atoms with van der Waals surface area (Å²) < 4.78 is 5.87. The van der Waals surface area contributed by atoms with Gasteiger partial charge in [0.25, 0.3) is 0 Å². The Kier molecular flexibility index (Phi) is 3.89. The fourth-order valence-corrected chi connectivity index (χ4v) is 2.43. The van der Waals surface area contributed by atoms with E-state index in [9.17, 15) is 15.3 Å². The van der Waals surface area contributed by atoms with Crippen molar-refractivity contribution in [3.05, 3.63) is 59.9 Å². The average molecular weight is 309 g/mol. The molecule has 0 unspecified atom stereocenters. The molecule has 0 amide bonds. The van der Waals surface area contributed by atoms with Crippen LogP contribution in [0.1, 0.15) is 24.7 Å². The molecule has 0 fully saturated rings. The first-order valence-electron chi connectivity index (χ1n) is 7.35. The summed E-state index contributed by atoms with van der Waals surface area (Å²) in [4.78, 5) is 0. The summed E-state index contributed by atoms with van der Waals surface area (Å²) in [6, 6.07) is 13.2. The second kappa shape index (κ2) is 6.01. The molecule has 0 bridgehead atoms. The Morgan fingerprint density at radius 3 is 2.39 bits per heavy atom. The molecule has 0 radical (unpaired) electrons. The molecule has 0 aliphatic heterocycles. The Hall–Kier alpha value is -3.01. The van der Waals surface area contributed by atoms with Gasteiger partial charge in [-0.25, -0.2) is 4.42 Å². The molecule has 23 heavy (non-hydrogen) atoms. The number of benzene rings is 2. The fourth-order valence-electron chi connectivity index (χ4n) is 2.43. The van der Waals surface area contributed by atoms with Gasteiger partial charge in [-0.2, -0.15) is 0 Å². The summed E-state index contributed by atoms with van der Waals surface area (Å²) in [6.45, 7) is 1.99. The minimum atomic E-state index is 0.00869. The first-order chi connectivity index (χ1) is 11.1. The van der Waals surface area contributed by atoms with Crippen molar-refractivity contribution in [1.29, 1.82) is 0 Å². The van der Waals surface area contributed by atoms with E-state index in [0.29, 0.717) is 23.3 Å². The second-order valence-corrected chi connectivity index (χ2v) is 5.29. The monoisotopic (exact) mass is 309 g/mol. The van der Waals surface area contributed by atoms with E-state index in [-0.39, 0.29) is 17.2 Å². The van der Waals surface area contributed by atoms with Crippen molar-refractivity contribution in [3.8, 4) is 17.2 Å². The molecule has 3 N–H and O–H groups in total. The molecule has 0 aliphatic carbocycles. The fraction of sp³-hybridized carbons (Fsp3) is 0.105. The van der Waals surface area contributed by atoms with Crippen molar-refractivity contribution in [2.75, 3.05) is 0 Å². The van der Waals surface area contributed by atoms with Crippen LogP contribution in [-0.2, 0) is 0 Å². The highest BCUT2D eigenvalue weighted by molar-refractivity contribution is 5.84. The van der Waals surface area contributed by atoms with E-state index in [1.807, 2.05) is 25.1 Å². The van der Waals surface area contributed by atoms with Crippen LogP contribution in [0.2, 0.25) is 0 Å². The van der Waals surface area contributed by atoms with Crippen molar-refractivity contribution < 1.29 is 19.7 Å². The number of phenols is 3. The highest BCUT2D eigenvalue weighted by atomic mass is 16.3. The SMILES string of the molecule is CC/C(=C\c1ccc(O)cc1O)c1ccc2ccc(O)cc2[o+]1. The summed E-state index contributed by atoms with van der Waals surface area (Å²) in [7, 11) is 0. The Morgan fingerprint density at radius 1 is 0.957 bits per heavy atom. The largest absolute Gasteiger partial charge is 0.508 e. The van der Waals surface area contributed by atoms with E-state index < -0.39 is 0 Å². The van der Waals surface area contributed by atoms with Crippen molar-refractivity contribution >= 4 is 22.6 Å². The second-order valence-electron chi connectivity index (χ2n) is 5.29. The smallest absolute Gasteiger partial charge is 0.364 e. The number of fused-ring (bicyclic) bond motifs is 1. The van der Waals surface area contributed by atoms with E-state index in [2.05, 4.69) is 0 Å². The lowest BCUT2D eigenvalue weighted by molar-refractivity contribution is 0.450. The molecule has 0 aliphatic rings. The van der Waals surface area contributed by atoms with Crippen molar-refractivity contribution in [3.63, 3.8) is 0 Å². The third-order valence-electron chi connectivity index (χ3n) is 3.67. The van der Waals surface area contributed by atoms with Gasteiger partial charge in [0.1, 0.15) is 17.2 Å². The summed E-state index contributed by atoms with van der Waals surface area (Å²) in [6.07, 6.45) is 2.52. The van der Waals surface area contributed by atoms with Crippen LogP contribution in [0, 0.1) is 0 Å². The third-order valence-corrected chi connectivity index (χ3v) is 3.67. The minimum absolute atomic E-state index is 0.00869. The normalized spacial score (nSPS) is 11.8. The Balaban J connectivity index is 2.08. The van der Waals surface area contributed by atoms with Crippen molar-refractivity contribution in [2.24, 2.45) is 0 Å². The van der Waals surface area contributed by atoms with Gasteiger partial charge in [0.2, 0.25) is 0 Å². The van der Waals surface area contributed by atoms with Gasteiger partial charge in [0.15, 0.2) is 0 Å². The van der Waals surface area contributed by atoms with Gasteiger partial charge in [-0.15, -0.1) is 0 Å². The van der Waals surface area contributed by atoms with Crippen LogP contribution in [0.25, 0.3) is 22.6 Å². The maximum atomic E-state index is 9.92. The Bertz CT molecular complexity index is 897. The minimum Gasteiger partial charge on any atom is -0.508 e. The molecule has 0 atom stereocenters. The van der Waals surface area contributed by atoms with Gasteiger partial charge in [-0.05, 0) is 42.8 Å². The maximum absolute atomic E-state index is 9.92. The van der Waals surface area contributed by atoms with Gasteiger partial charge >= 0.3 is 11.3 Å². The molecular formula is C19H17O4+. The Labute approximate surface area is 133 Å². The number of hydrogen-bond donors (Lipinski definition) is 3. The average Bonchev–Trinajstić information content (AvgIpc) is 2.53. The van der Waals surface area contributed by atoms with Crippen LogP contribution in [-0.4, -0.2) is 15.3 Å². The van der Waals surface area contributed by atoms with Crippen LogP contribution in [0.5, 0.6) is 17.2 Å². The van der Waals surface area contributed by atoms with Crippen LogP contribution in [0.15, 0.2) is 52.9 Å². The standard InChI is InChI=1S/C19H16O4/c1-2-12(9-14-4-7-15(20)10-17(14)22)18-8-5-13-3-6-16(21)11-19(13)23-18/h3-11H,2H2,1H3,(H2-,20,21,22)/p+1/b12-9+. The molecule has 0 saturated heterocycles. The zero-order valence-electron chi connectivity index (χ0n) is 12.7. The lowest BCUT2D eigenvalue weighted by Gasteiger charge is -2.02. The lowest BCUT2D eigenvalue weighted by Crippen LogP contribution is -1.85. The van der Waals surface area contributed by atoms with E-state index in [0.717, 1.165) is 11.0 Å². The van der Waals surface area contributed by atoms with Gasteiger partial charge in [-0.3, -0.25) is 0 Å². The highest BCUT2D eigenvalue weighted by Gasteiger charge is 2.17. The predicted octanol–water partition coefficient (Wildman–Crippen LogP) is 4.78. The molecule has 2 aromatic carbocycles. The quantitative estimate of drug-likeness (QED) is 0.609. The zero-order chi connectivity index (χ0) is 16.4. The lowest BCUT2D eigenvalue weighted by atomic mass is 10.0.